The van der Waals surface area contributed by atoms with Gasteiger partial charge in [0.1, 0.15) is 12.4 Å². The predicted molar refractivity (Wildman–Crippen MR) is 169 cm³/mol. The number of Topliss-reactive ketones (excluding diaryl/α,β-unsaturated/α-hetero) is 2. The molecular weight excluding hydrogens is 662 g/mol. The summed E-state index contributed by atoms with van der Waals surface area (Å²) >= 11 is 7.36. The van der Waals surface area contributed by atoms with E-state index in [1.54, 1.807) is 24.3 Å². The van der Waals surface area contributed by atoms with E-state index in [1.165, 1.54) is 0 Å². The maximum Gasteiger partial charge on any atom is 0.335 e. The van der Waals surface area contributed by atoms with Crippen molar-refractivity contribution in [3.05, 3.63) is 84.6 Å². The number of hydrogen-bond acceptors (Lipinski definition) is 5. The lowest BCUT2D eigenvalue weighted by atomic mass is 9.63. The molecule has 2 aromatic rings. The van der Waals surface area contributed by atoms with Crippen molar-refractivity contribution in [1.29, 1.82) is 0 Å². The number of benzene rings is 2. The number of carbonyl (C=O) groups excluding carboxylic acids is 2. The fraction of sp³-hybridized carbons (Fsp3) is 0.441. The molecule has 0 aromatic heterocycles. The van der Waals surface area contributed by atoms with E-state index >= 15 is 0 Å². The summed E-state index contributed by atoms with van der Waals surface area (Å²) in [5, 5.41) is 9.27. The van der Waals surface area contributed by atoms with Crippen LogP contribution in [-0.2, 0) is 16.2 Å². The molecule has 2 aliphatic carbocycles. The number of rotatable bonds is 7. The molecule has 0 atom stereocenters. The normalized spacial score (nSPS) is 20.0. The Balaban J connectivity index is 1.69. The molecule has 1 N–H and O–H groups in total. The van der Waals surface area contributed by atoms with Gasteiger partial charge >= 0.3 is 5.97 Å². The van der Waals surface area contributed by atoms with Gasteiger partial charge in [-0.25, -0.2) is 4.79 Å². The number of carbonyl (C=O) groups is 3. The number of hydrogen-bond donors (Lipinski definition) is 1. The van der Waals surface area contributed by atoms with Crippen molar-refractivity contribution < 1.29 is 24.2 Å². The van der Waals surface area contributed by atoms with E-state index in [0.717, 1.165) is 63.9 Å². The maximum absolute atomic E-state index is 14.1. The Morgan fingerprint density at radius 1 is 0.929 bits per heavy atom. The van der Waals surface area contributed by atoms with Crippen molar-refractivity contribution >= 4 is 49.4 Å². The molecule has 2 aromatic carbocycles. The van der Waals surface area contributed by atoms with Crippen LogP contribution >= 0.6 is 31.9 Å². The average molecular weight is 699 g/mol. The molecule has 1 aliphatic heterocycles. The van der Waals surface area contributed by atoms with E-state index in [0.29, 0.717) is 23.1 Å². The fourth-order valence-electron chi connectivity index (χ4n) is 6.70. The van der Waals surface area contributed by atoms with Crippen LogP contribution in [0.4, 0.5) is 0 Å². The number of carboxylic acids is 1. The van der Waals surface area contributed by atoms with Crippen LogP contribution in [0.15, 0.2) is 67.9 Å². The summed E-state index contributed by atoms with van der Waals surface area (Å²) in [5.74, 6) is -0.772. The van der Waals surface area contributed by atoms with Gasteiger partial charge in [0.2, 0.25) is 0 Å². The highest BCUT2D eigenvalue weighted by atomic mass is 79.9. The van der Waals surface area contributed by atoms with Gasteiger partial charge in [-0.15, -0.1) is 0 Å². The molecule has 42 heavy (non-hydrogen) atoms. The molecule has 0 bridgehead atoms. The number of aromatic carboxylic acids is 1. The third-order valence-corrected chi connectivity index (χ3v) is 9.45. The van der Waals surface area contributed by atoms with E-state index in [2.05, 4.69) is 71.4 Å². The smallest absolute Gasteiger partial charge is 0.335 e. The first-order chi connectivity index (χ1) is 19.7. The van der Waals surface area contributed by atoms with Crippen LogP contribution in [0.25, 0.3) is 0 Å². The summed E-state index contributed by atoms with van der Waals surface area (Å²) in [4.78, 5) is 41.8. The van der Waals surface area contributed by atoms with Crippen LogP contribution in [0.2, 0.25) is 0 Å². The zero-order valence-corrected chi connectivity index (χ0v) is 27.9. The largest absolute Gasteiger partial charge is 0.487 e. The Morgan fingerprint density at radius 2 is 1.48 bits per heavy atom. The Labute approximate surface area is 264 Å². The van der Waals surface area contributed by atoms with Crippen molar-refractivity contribution in [2.45, 2.75) is 79.2 Å². The van der Waals surface area contributed by atoms with Gasteiger partial charge in [0.05, 0.1) is 10.0 Å². The van der Waals surface area contributed by atoms with Crippen LogP contribution in [0.1, 0.15) is 94.1 Å². The number of ether oxygens (including phenoxy) is 1. The monoisotopic (exact) mass is 697 g/mol. The minimum Gasteiger partial charge on any atom is -0.487 e. The Morgan fingerprint density at radius 3 is 1.98 bits per heavy atom. The van der Waals surface area contributed by atoms with E-state index in [4.69, 9.17) is 4.74 Å². The SMILES string of the molecule is CCCN1C2=C(C(=O)CC(C)(C)C2)C(c2cc(Br)cc(Br)c2OCc2ccc(C(=O)O)cc2)C2=C1CC(C)(C)CC2=O. The van der Waals surface area contributed by atoms with Crippen LogP contribution in [-0.4, -0.2) is 34.1 Å². The molecular formula is C34H37Br2NO5. The van der Waals surface area contributed by atoms with Gasteiger partial charge in [0.25, 0.3) is 0 Å². The molecule has 1 heterocycles. The van der Waals surface area contributed by atoms with Crippen LogP contribution < -0.4 is 4.74 Å². The van der Waals surface area contributed by atoms with Crippen LogP contribution in [0, 0.1) is 10.8 Å². The maximum atomic E-state index is 14.1. The molecule has 3 aliphatic rings. The van der Waals surface area contributed by atoms with Gasteiger partial charge in [-0.05, 0) is 75.9 Å². The van der Waals surface area contributed by atoms with Crippen molar-refractivity contribution in [3.63, 3.8) is 0 Å². The quantitative estimate of drug-likeness (QED) is 0.312. The zero-order chi connectivity index (χ0) is 30.6. The molecule has 0 unspecified atom stereocenters. The Hall–Kier alpha value is -2.71. The zero-order valence-electron chi connectivity index (χ0n) is 24.8. The van der Waals surface area contributed by atoms with Crippen molar-refractivity contribution in [2.24, 2.45) is 10.8 Å². The van der Waals surface area contributed by atoms with Gasteiger partial charge in [0, 0.05) is 57.9 Å². The number of nitrogens with zero attached hydrogens (tertiary/aromatic N) is 1. The van der Waals surface area contributed by atoms with Crippen LogP contribution in [0.3, 0.4) is 0 Å². The first-order valence-corrected chi connectivity index (χ1v) is 16.0. The van der Waals surface area contributed by atoms with E-state index in [-0.39, 0.29) is 34.6 Å². The lowest BCUT2D eigenvalue weighted by Gasteiger charge is -2.49. The second kappa shape index (κ2) is 11.4. The summed E-state index contributed by atoms with van der Waals surface area (Å²) in [6.07, 6.45) is 3.27. The van der Waals surface area contributed by atoms with E-state index in [1.807, 2.05) is 12.1 Å². The van der Waals surface area contributed by atoms with Crippen LogP contribution in [0.5, 0.6) is 5.75 Å². The van der Waals surface area contributed by atoms with Gasteiger partial charge in [-0.3, -0.25) is 9.59 Å². The first kappa shape index (κ1) is 30.7. The molecule has 0 fully saturated rings. The Kier molecular flexibility index (Phi) is 8.36. The Bertz CT molecular complexity index is 1480. The lowest BCUT2D eigenvalue weighted by Crippen LogP contribution is -2.44. The third-order valence-electron chi connectivity index (χ3n) is 8.40. The van der Waals surface area contributed by atoms with Gasteiger partial charge in [0.15, 0.2) is 11.6 Å². The average Bonchev–Trinajstić information content (AvgIpc) is 2.87. The first-order valence-electron chi connectivity index (χ1n) is 14.5. The van der Waals surface area contributed by atoms with Gasteiger partial charge < -0.3 is 14.7 Å². The summed E-state index contributed by atoms with van der Waals surface area (Å²) < 4.78 is 7.98. The minimum atomic E-state index is -0.983. The molecule has 222 valence electrons. The molecule has 0 spiro atoms. The molecule has 0 saturated carbocycles. The predicted octanol–water partition coefficient (Wildman–Crippen LogP) is 8.58. The summed E-state index contributed by atoms with van der Waals surface area (Å²) in [7, 11) is 0. The standard InChI is InChI=1S/C34H37Br2NO5/c1-6-11-37-24-14-33(2,3)16-26(38)29(24)28(30-25(37)15-34(4,5)17-27(30)39)22-12-21(35)13-23(36)31(22)42-18-19-7-9-20(10-8-19)32(40)41/h7-10,12-13,28H,6,11,14-18H2,1-5H3,(H,40,41). The van der Waals surface area contributed by atoms with Crippen molar-refractivity contribution in [2.75, 3.05) is 6.54 Å². The lowest BCUT2D eigenvalue weighted by molar-refractivity contribution is -0.119. The van der Waals surface area contributed by atoms with E-state index in [9.17, 15) is 19.5 Å². The number of ketones is 2. The molecule has 0 saturated heterocycles. The molecule has 0 amide bonds. The van der Waals surface area contributed by atoms with Crippen molar-refractivity contribution in [1.82, 2.24) is 4.90 Å². The highest BCUT2D eigenvalue weighted by Gasteiger charge is 2.49. The highest BCUT2D eigenvalue weighted by Crippen LogP contribution is 2.56. The number of halogens is 2. The molecule has 8 heteroatoms. The highest BCUT2D eigenvalue weighted by molar-refractivity contribution is 9.11. The molecule has 0 radical (unpaired) electrons. The van der Waals surface area contributed by atoms with E-state index < -0.39 is 11.9 Å². The topological polar surface area (TPSA) is 83.9 Å². The summed E-state index contributed by atoms with van der Waals surface area (Å²) in [5.41, 5.74) is 4.94. The van der Waals surface area contributed by atoms with Crippen molar-refractivity contribution in [3.8, 4) is 5.75 Å². The minimum absolute atomic E-state index is 0.0860. The van der Waals surface area contributed by atoms with Gasteiger partial charge in [-0.2, -0.15) is 0 Å². The summed E-state index contributed by atoms with van der Waals surface area (Å²) in [6.45, 7) is 11.7. The molecule has 6 nitrogen and oxygen atoms in total. The second-order valence-corrected chi connectivity index (χ2v) is 15.1. The summed E-state index contributed by atoms with van der Waals surface area (Å²) in [6, 6.07) is 10.5. The molecule has 5 rings (SSSR count). The third kappa shape index (κ3) is 5.89. The second-order valence-electron chi connectivity index (χ2n) is 13.3. The fourth-order valence-corrected chi connectivity index (χ4v) is 8.07. The van der Waals surface area contributed by atoms with Gasteiger partial charge in [-0.1, -0.05) is 62.7 Å². The number of allylic oxidation sites excluding steroid dienone is 4. The number of carboxylic acid groups (broad SMARTS) is 1.